The highest BCUT2D eigenvalue weighted by Crippen LogP contribution is 2.26. The van der Waals surface area contributed by atoms with Crippen LogP contribution in [0.1, 0.15) is 26.0 Å². The molecule has 1 unspecified atom stereocenters. The van der Waals surface area contributed by atoms with Crippen molar-refractivity contribution in [2.75, 3.05) is 5.75 Å². The zero-order chi connectivity index (χ0) is 12.3. The zero-order valence-electron chi connectivity index (χ0n) is 10.3. The van der Waals surface area contributed by atoms with Crippen LogP contribution in [-0.2, 0) is 6.61 Å². The number of pyridine rings is 1. The molecule has 3 nitrogen and oxygen atoms in total. The van der Waals surface area contributed by atoms with E-state index in [0.717, 1.165) is 22.1 Å². The van der Waals surface area contributed by atoms with Gasteiger partial charge >= 0.3 is 0 Å². The van der Waals surface area contributed by atoms with Gasteiger partial charge in [0.05, 0.1) is 12.3 Å². The highest BCUT2D eigenvalue weighted by Gasteiger charge is 2.12. The van der Waals surface area contributed by atoms with Crippen molar-refractivity contribution < 1.29 is 5.11 Å². The molecule has 0 bridgehead atoms. The molecule has 0 aliphatic rings. The van der Waals surface area contributed by atoms with Gasteiger partial charge < -0.3 is 9.51 Å². The van der Waals surface area contributed by atoms with Crippen LogP contribution in [-0.4, -0.2) is 20.2 Å². The molecule has 1 atom stereocenters. The van der Waals surface area contributed by atoms with Gasteiger partial charge in [0.15, 0.2) is 0 Å². The molecule has 0 aliphatic carbocycles. The third-order valence-electron chi connectivity index (χ3n) is 2.94. The van der Waals surface area contributed by atoms with E-state index >= 15 is 0 Å². The van der Waals surface area contributed by atoms with Crippen molar-refractivity contribution in [3.05, 3.63) is 30.1 Å². The molecule has 92 valence electrons. The molecule has 1 N–H and O–H groups in total. The van der Waals surface area contributed by atoms with E-state index in [2.05, 4.69) is 18.8 Å². The predicted octanol–water partition coefficient (Wildman–Crippen LogP) is 2.96. The van der Waals surface area contributed by atoms with E-state index in [1.807, 2.05) is 28.8 Å². The van der Waals surface area contributed by atoms with Gasteiger partial charge in [-0.3, -0.25) is 0 Å². The fourth-order valence-electron chi connectivity index (χ4n) is 1.62. The summed E-state index contributed by atoms with van der Waals surface area (Å²) in [4.78, 5) is 4.56. The lowest BCUT2D eigenvalue weighted by Gasteiger charge is -2.06. The van der Waals surface area contributed by atoms with Crippen LogP contribution in [0, 0.1) is 5.92 Å². The maximum absolute atomic E-state index is 9.45. The third-order valence-corrected chi connectivity index (χ3v) is 4.28. The van der Waals surface area contributed by atoms with Crippen LogP contribution >= 0.6 is 11.8 Å². The van der Waals surface area contributed by atoms with Crippen molar-refractivity contribution in [3.8, 4) is 0 Å². The Kier molecular flexibility index (Phi) is 4.07. The van der Waals surface area contributed by atoms with Crippen molar-refractivity contribution >= 4 is 17.4 Å². The number of aliphatic hydroxyl groups is 1. The highest BCUT2D eigenvalue weighted by atomic mass is 32.2. The molecule has 0 radical (unpaired) electrons. The van der Waals surface area contributed by atoms with Gasteiger partial charge in [-0.2, -0.15) is 0 Å². The Morgan fingerprint density at radius 3 is 3.00 bits per heavy atom. The van der Waals surface area contributed by atoms with E-state index in [4.69, 9.17) is 0 Å². The molecule has 2 aromatic heterocycles. The summed E-state index contributed by atoms with van der Waals surface area (Å²) in [5.41, 5.74) is 1.80. The molecule has 0 aliphatic heterocycles. The molecule has 0 saturated carbocycles. The number of aliphatic hydroxyl groups excluding tert-OH is 1. The minimum absolute atomic E-state index is 0.0357. The standard InChI is InChI=1S/C13H18N2OS/c1-3-10(2)9-17-13-11(8-16)15-7-5-4-6-12(15)14-13/h4-7,10,16H,3,8-9H2,1-2H3. The van der Waals surface area contributed by atoms with E-state index in [0.29, 0.717) is 5.92 Å². The van der Waals surface area contributed by atoms with Gasteiger partial charge in [0.25, 0.3) is 0 Å². The van der Waals surface area contributed by atoms with Crippen LogP contribution in [0.25, 0.3) is 5.65 Å². The molecule has 2 rings (SSSR count). The summed E-state index contributed by atoms with van der Waals surface area (Å²) in [6.07, 6.45) is 3.12. The Balaban J connectivity index is 2.27. The maximum Gasteiger partial charge on any atom is 0.138 e. The second kappa shape index (κ2) is 5.56. The number of thioether (sulfide) groups is 1. The van der Waals surface area contributed by atoms with Crippen molar-refractivity contribution in [1.82, 2.24) is 9.38 Å². The molecule has 17 heavy (non-hydrogen) atoms. The van der Waals surface area contributed by atoms with Gasteiger partial charge in [-0.1, -0.05) is 26.3 Å². The minimum atomic E-state index is 0.0357. The molecule has 2 aromatic rings. The van der Waals surface area contributed by atoms with Gasteiger partial charge in [-0.25, -0.2) is 4.98 Å². The Morgan fingerprint density at radius 1 is 1.47 bits per heavy atom. The Bertz CT molecular complexity index is 495. The Labute approximate surface area is 106 Å². The molecular formula is C13H18N2OS. The SMILES string of the molecule is CCC(C)CSc1nc2ccccn2c1CO. The number of aromatic nitrogens is 2. The number of imidazole rings is 1. The largest absolute Gasteiger partial charge is 0.390 e. The summed E-state index contributed by atoms with van der Waals surface area (Å²) in [5, 5.41) is 10.4. The monoisotopic (exact) mass is 250 g/mol. The lowest BCUT2D eigenvalue weighted by Crippen LogP contribution is -1.97. The fraction of sp³-hybridized carbons (Fsp3) is 0.462. The van der Waals surface area contributed by atoms with Gasteiger partial charge in [-0.15, -0.1) is 11.8 Å². The predicted molar refractivity (Wildman–Crippen MR) is 71.3 cm³/mol. The smallest absolute Gasteiger partial charge is 0.138 e. The molecule has 0 amide bonds. The minimum Gasteiger partial charge on any atom is -0.390 e. The molecule has 0 saturated heterocycles. The maximum atomic E-state index is 9.45. The van der Waals surface area contributed by atoms with Crippen LogP contribution in [0.4, 0.5) is 0 Å². The molecule has 0 fully saturated rings. The summed E-state index contributed by atoms with van der Waals surface area (Å²) in [7, 11) is 0. The van der Waals surface area contributed by atoms with Gasteiger partial charge in [0.2, 0.25) is 0 Å². The average Bonchev–Trinajstić information content (AvgIpc) is 2.73. The summed E-state index contributed by atoms with van der Waals surface area (Å²) >= 11 is 1.74. The summed E-state index contributed by atoms with van der Waals surface area (Å²) in [5.74, 6) is 1.73. The van der Waals surface area contributed by atoms with Crippen molar-refractivity contribution in [2.45, 2.75) is 31.9 Å². The second-order valence-corrected chi connectivity index (χ2v) is 5.28. The summed E-state index contributed by atoms with van der Waals surface area (Å²) in [6.45, 7) is 4.47. The number of hydrogen-bond acceptors (Lipinski definition) is 3. The van der Waals surface area contributed by atoms with E-state index in [1.54, 1.807) is 11.8 Å². The van der Waals surface area contributed by atoms with Gasteiger partial charge in [0.1, 0.15) is 10.7 Å². The first-order valence-corrected chi connectivity index (χ1v) is 6.94. The van der Waals surface area contributed by atoms with E-state index in [1.165, 1.54) is 6.42 Å². The van der Waals surface area contributed by atoms with E-state index < -0.39 is 0 Å². The molecule has 2 heterocycles. The zero-order valence-corrected chi connectivity index (χ0v) is 11.1. The van der Waals surface area contributed by atoms with Gasteiger partial charge in [-0.05, 0) is 18.1 Å². The molecular weight excluding hydrogens is 232 g/mol. The van der Waals surface area contributed by atoms with Crippen LogP contribution in [0.3, 0.4) is 0 Å². The van der Waals surface area contributed by atoms with Crippen LogP contribution in [0.15, 0.2) is 29.4 Å². The van der Waals surface area contributed by atoms with Crippen molar-refractivity contribution in [2.24, 2.45) is 5.92 Å². The van der Waals surface area contributed by atoms with E-state index in [-0.39, 0.29) is 6.61 Å². The second-order valence-electron chi connectivity index (χ2n) is 4.28. The number of nitrogens with zero attached hydrogens (tertiary/aromatic N) is 2. The fourth-order valence-corrected chi connectivity index (χ4v) is 2.79. The highest BCUT2D eigenvalue weighted by molar-refractivity contribution is 7.99. The summed E-state index contributed by atoms with van der Waals surface area (Å²) < 4.78 is 1.96. The quantitative estimate of drug-likeness (QED) is 0.829. The van der Waals surface area contributed by atoms with Crippen LogP contribution < -0.4 is 0 Å². The Morgan fingerprint density at radius 2 is 2.29 bits per heavy atom. The number of rotatable bonds is 5. The third kappa shape index (κ3) is 2.64. The Hall–Kier alpha value is -1.00. The normalized spacial score (nSPS) is 13.1. The van der Waals surface area contributed by atoms with Crippen molar-refractivity contribution in [1.29, 1.82) is 0 Å². The molecule has 0 aromatic carbocycles. The number of hydrogen-bond donors (Lipinski definition) is 1. The van der Waals surface area contributed by atoms with Crippen molar-refractivity contribution in [3.63, 3.8) is 0 Å². The molecule has 0 spiro atoms. The first-order valence-electron chi connectivity index (χ1n) is 5.95. The van der Waals surface area contributed by atoms with E-state index in [9.17, 15) is 5.11 Å². The molecule has 4 heteroatoms. The first kappa shape index (κ1) is 12.5. The topological polar surface area (TPSA) is 37.5 Å². The first-order chi connectivity index (χ1) is 8.26. The van der Waals surface area contributed by atoms with Gasteiger partial charge in [0, 0.05) is 11.9 Å². The lowest BCUT2D eigenvalue weighted by molar-refractivity contribution is 0.272. The number of fused-ring (bicyclic) bond motifs is 1. The summed E-state index contributed by atoms with van der Waals surface area (Å²) in [6, 6.07) is 5.88. The van der Waals surface area contributed by atoms with Crippen LogP contribution in [0.2, 0.25) is 0 Å². The lowest BCUT2D eigenvalue weighted by atomic mass is 10.2. The average molecular weight is 250 g/mol. The van der Waals surface area contributed by atoms with Crippen LogP contribution in [0.5, 0.6) is 0 Å².